The van der Waals surface area contributed by atoms with Crippen molar-refractivity contribution < 1.29 is 24.3 Å². The number of carbonyl (C=O) groups is 1. The highest BCUT2D eigenvalue weighted by atomic mass is 16.5. The molecule has 1 aromatic rings. The largest absolute Gasteiger partial charge is 0.504 e. The Bertz CT molecular complexity index is 584. The molecule has 6 heteroatoms. The highest BCUT2D eigenvalue weighted by molar-refractivity contribution is 5.78. The number of carbonyl (C=O) groups excluding carboxylic acids is 1. The van der Waals surface area contributed by atoms with E-state index in [1.807, 2.05) is 17.9 Å². The Hall–Kier alpha value is -1.79. The van der Waals surface area contributed by atoms with Crippen molar-refractivity contribution in [2.24, 2.45) is 0 Å². The third-order valence-corrected chi connectivity index (χ3v) is 4.90. The molecule has 0 aliphatic carbocycles. The van der Waals surface area contributed by atoms with Crippen LogP contribution in [0.2, 0.25) is 0 Å². The van der Waals surface area contributed by atoms with E-state index in [-0.39, 0.29) is 17.7 Å². The first-order chi connectivity index (χ1) is 11.1. The molecule has 1 aromatic carbocycles. The summed E-state index contributed by atoms with van der Waals surface area (Å²) in [6, 6.07) is 3.62. The van der Waals surface area contributed by atoms with Gasteiger partial charge in [-0.05, 0) is 36.6 Å². The summed E-state index contributed by atoms with van der Waals surface area (Å²) in [5, 5.41) is 9.92. The number of ether oxygens (including phenoxy) is 2. The molecule has 2 heterocycles. The lowest BCUT2D eigenvalue weighted by Gasteiger charge is -2.36. The van der Waals surface area contributed by atoms with Crippen molar-refractivity contribution in [3.8, 4) is 11.5 Å². The van der Waals surface area contributed by atoms with Crippen LogP contribution in [0.1, 0.15) is 24.1 Å². The molecule has 0 radical (unpaired) electrons. The molecule has 0 saturated carbocycles. The number of amides is 1. The zero-order valence-corrected chi connectivity index (χ0v) is 13.8. The molecule has 0 bridgehead atoms. The van der Waals surface area contributed by atoms with Gasteiger partial charge in [-0.3, -0.25) is 4.79 Å². The molecule has 0 spiro atoms. The Balaban J connectivity index is 1.74. The van der Waals surface area contributed by atoms with Crippen LogP contribution in [0.4, 0.5) is 0 Å². The van der Waals surface area contributed by atoms with Gasteiger partial charge in [-0.25, -0.2) is 0 Å². The smallest absolute Gasteiger partial charge is 0.278 e. The number of fused-ring (bicyclic) bond motifs is 1. The van der Waals surface area contributed by atoms with Crippen LogP contribution < -0.4 is 9.64 Å². The monoisotopic (exact) mass is 321 g/mol. The van der Waals surface area contributed by atoms with Crippen LogP contribution in [-0.2, 0) is 16.0 Å². The highest BCUT2D eigenvalue weighted by Crippen LogP contribution is 2.37. The summed E-state index contributed by atoms with van der Waals surface area (Å²) in [7, 11) is 1.54. The maximum atomic E-state index is 12.7. The van der Waals surface area contributed by atoms with Gasteiger partial charge in [0, 0.05) is 6.54 Å². The molecule has 2 N–H and O–H groups in total. The van der Waals surface area contributed by atoms with Crippen molar-refractivity contribution in [2.45, 2.75) is 19.4 Å². The van der Waals surface area contributed by atoms with Crippen molar-refractivity contribution in [3.63, 3.8) is 0 Å². The lowest BCUT2D eigenvalue weighted by Crippen LogP contribution is -3.15. The molecule has 1 atom stereocenters. The molecule has 0 aromatic heterocycles. The molecule has 2 aliphatic heterocycles. The summed E-state index contributed by atoms with van der Waals surface area (Å²) in [6.07, 6.45) is 0.765. The van der Waals surface area contributed by atoms with Gasteiger partial charge in [0.05, 0.1) is 26.4 Å². The quantitative estimate of drug-likeness (QED) is 0.807. The molecule has 23 heavy (non-hydrogen) atoms. The predicted octanol–water partition coefficient (Wildman–Crippen LogP) is -0.238. The van der Waals surface area contributed by atoms with E-state index in [1.54, 1.807) is 13.2 Å². The SMILES string of the molecule is COc1cc2c(cc1O)CCN(C(=O)C[NH+]1CCOCC1)[C@H]2C. The Labute approximate surface area is 136 Å². The molecule has 0 unspecified atom stereocenters. The van der Waals surface area contributed by atoms with Gasteiger partial charge < -0.3 is 24.4 Å². The summed E-state index contributed by atoms with van der Waals surface area (Å²) in [5.74, 6) is 0.812. The number of phenols is 1. The van der Waals surface area contributed by atoms with E-state index in [1.165, 1.54) is 4.90 Å². The van der Waals surface area contributed by atoms with E-state index in [0.29, 0.717) is 18.8 Å². The van der Waals surface area contributed by atoms with Crippen molar-refractivity contribution in [2.75, 3.05) is 46.5 Å². The second-order valence-corrected chi connectivity index (χ2v) is 6.28. The number of quaternary nitrogens is 1. The van der Waals surface area contributed by atoms with Crippen LogP contribution in [0, 0.1) is 0 Å². The number of aromatic hydroxyl groups is 1. The van der Waals surface area contributed by atoms with Gasteiger partial charge >= 0.3 is 0 Å². The summed E-state index contributed by atoms with van der Waals surface area (Å²) >= 11 is 0. The minimum absolute atomic E-state index is 0.00110. The number of nitrogens with zero attached hydrogens (tertiary/aromatic N) is 1. The topological polar surface area (TPSA) is 63.4 Å². The minimum Gasteiger partial charge on any atom is -0.504 e. The molecular weight excluding hydrogens is 296 g/mol. The molecule has 1 fully saturated rings. The van der Waals surface area contributed by atoms with Crippen LogP contribution in [0.25, 0.3) is 0 Å². The lowest BCUT2D eigenvalue weighted by molar-refractivity contribution is -0.900. The molecule has 1 amide bonds. The van der Waals surface area contributed by atoms with Crippen LogP contribution in [0.3, 0.4) is 0 Å². The van der Waals surface area contributed by atoms with Crippen molar-refractivity contribution in [1.82, 2.24) is 4.90 Å². The van der Waals surface area contributed by atoms with Crippen molar-refractivity contribution in [3.05, 3.63) is 23.3 Å². The van der Waals surface area contributed by atoms with Gasteiger partial charge in [0.2, 0.25) is 0 Å². The first-order valence-corrected chi connectivity index (χ1v) is 8.20. The second-order valence-electron chi connectivity index (χ2n) is 6.28. The number of rotatable bonds is 3. The predicted molar refractivity (Wildman–Crippen MR) is 84.9 cm³/mol. The first-order valence-electron chi connectivity index (χ1n) is 8.20. The maximum absolute atomic E-state index is 12.7. The highest BCUT2D eigenvalue weighted by Gasteiger charge is 2.31. The van der Waals surface area contributed by atoms with Gasteiger partial charge in [0.1, 0.15) is 13.1 Å². The van der Waals surface area contributed by atoms with Crippen LogP contribution in [-0.4, -0.2) is 62.4 Å². The van der Waals surface area contributed by atoms with Crippen LogP contribution in [0.5, 0.6) is 11.5 Å². The minimum atomic E-state index is 0.00110. The second kappa shape index (κ2) is 6.76. The maximum Gasteiger partial charge on any atom is 0.278 e. The summed E-state index contributed by atoms with van der Waals surface area (Å²) in [5.41, 5.74) is 2.16. The fourth-order valence-corrected chi connectivity index (χ4v) is 3.49. The van der Waals surface area contributed by atoms with E-state index in [0.717, 1.165) is 43.9 Å². The number of hydrogen-bond acceptors (Lipinski definition) is 4. The number of methoxy groups -OCH3 is 1. The summed E-state index contributed by atoms with van der Waals surface area (Å²) in [6.45, 7) is 6.52. The van der Waals surface area contributed by atoms with E-state index in [2.05, 4.69) is 0 Å². The molecule has 2 aliphatic rings. The van der Waals surface area contributed by atoms with E-state index < -0.39 is 0 Å². The number of nitrogens with one attached hydrogen (secondary N) is 1. The van der Waals surface area contributed by atoms with Gasteiger partial charge in [-0.2, -0.15) is 0 Å². The fourth-order valence-electron chi connectivity index (χ4n) is 3.49. The van der Waals surface area contributed by atoms with Gasteiger partial charge in [0.15, 0.2) is 18.0 Å². The normalized spacial score (nSPS) is 21.8. The Morgan fingerprint density at radius 2 is 2.17 bits per heavy atom. The van der Waals surface area contributed by atoms with Crippen molar-refractivity contribution in [1.29, 1.82) is 0 Å². The molecule has 6 nitrogen and oxygen atoms in total. The standard InChI is InChI=1S/C17H24N2O4/c1-12-14-10-16(22-2)15(20)9-13(14)3-4-19(12)17(21)11-18-5-7-23-8-6-18/h9-10,12,20H,3-8,11H2,1-2H3/p+1/t12-/m0/s1. The summed E-state index contributed by atoms with van der Waals surface area (Å²) in [4.78, 5) is 15.9. The average Bonchev–Trinajstić information content (AvgIpc) is 2.55. The molecule has 3 rings (SSSR count). The zero-order valence-electron chi connectivity index (χ0n) is 13.8. The van der Waals surface area contributed by atoms with E-state index in [9.17, 15) is 9.90 Å². The number of morpholine rings is 1. The third kappa shape index (κ3) is 3.28. The summed E-state index contributed by atoms with van der Waals surface area (Å²) < 4.78 is 10.6. The molecule has 126 valence electrons. The average molecular weight is 321 g/mol. The number of benzene rings is 1. The van der Waals surface area contributed by atoms with Gasteiger partial charge in [-0.1, -0.05) is 0 Å². The van der Waals surface area contributed by atoms with Gasteiger partial charge in [-0.15, -0.1) is 0 Å². The van der Waals surface area contributed by atoms with E-state index >= 15 is 0 Å². The Kier molecular flexibility index (Phi) is 4.73. The first kappa shape index (κ1) is 16.1. The third-order valence-electron chi connectivity index (χ3n) is 4.90. The molecule has 1 saturated heterocycles. The molecular formula is C17H25N2O4+. The number of phenolic OH excluding ortho intramolecular Hbond substituents is 1. The Morgan fingerprint density at radius 3 is 2.87 bits per heavy atom. The van der Waals surface area contributed by atoms with Gasteiger partial charge in [0.25, 0.3) is 5.91 Å². The van der Waals surface area contributed by atoms with Crippen molar-refractivity contribution >= 4 is 5.91 Å². The van der Waals surface area contributed by atoms with Crippen LogP contribution in [0.15, 0.2) is 12.1 Å². The lowest BCUT2D eigenvalue weighted by atomic mass is 9.92. The Morgan fingerprint density at radius 1 is 1.43 bits per heavy atom. The zero-order chi connectivity index (χ0) is 16.4. The number of hydrogen-bond donors (Lipinski definition) is 2. The fraction of sp³-hybridized carbons (Fsp3) is 0.588. The van der Waals surface area contributed by atoms with Crippen LogP contribution >= 0.6 is 0 Å². The van der Waals surface area contributed by atoms with E-state index in [4.69, 9.17) is 9.47 Å².